The summed E-state index contributed by atoms with van der Waals surface area (Å²) in [4.78, 5) is 24.8. The number of carbonyl (C=O) groups is 2. The first-order chi connectivity index (χ1) is 14.3. The highest BCUT2D eigenvalue weighted by Gasteiger charge is 2.23. The first-order valence-corrected chi connectivity index (χ1v) is 11.6. The molecule has 1 aliphatic rings. The summed E-state index contributed by atoms with van der Waals surface area (Å²) in [6.45, 7) is 4.05. The lowest BCUT2D eigenvalue weighted by Gasteiger charge is -2.29. The summed E-state index contributed by atoms with van der Waals surface area (Å²) in [7, 11) is 1.84. The van der Waals surface area contributed by atoms with E-state index in [-0.39, 0.29) is 23.9 Å². The molecule has 3 rings (SSSR count). The maximum absolute atomic E-state index is 12.4. The smallest absolute Gasteiger partial charge is 0.251 e. The number of carbonyl (C=O) groups excluding carboxylic acids is 2. The molecule has 2 amide bonds. The molecule has 1 aromatic carbocycles. The van der Waals surface area contributed by atoms with Gasteiger partial charge < -0.3 is 15.2 Å². The Hall–Kier alpha value is -2.06. The second kappa shape index (κ2) is 10.3. The van der Waals surface area contributed by atoms with Crippen molar-refractivity contribution in [2.24, 2.45) is 13.0 Å². The number of nitrogens with zero attached hydrogens (tertiary/aromatic N) is 3. The van der Waals surface area contributed by atoms with Crippen LogP contribution in [-0.4, -0.2) is 38.4 Å². The average molecular weight is 450 g/mol. The van der Waals surface area contributed by atoms with Crippen LogP contribution in [0.3, 0.4) is 0 Å². The zero-order valence-corrected chi connectivity index (χ0v) is 19.1. The normalized spacial score (nSPS) is 19.9. The number of nitrogens with one attached hydrogen (secondary N) is 2. The summed E-state index contributed by atoms with van der Waals surface area (Å²) in [5, 5.41) is 15.7. The Morgan fingerprint density at radius 2 is 1.93 bits per heavy atom. The van der Waals surface area contributed by atoms with E-state index >= 15 is 0 Å². The van der Waals surface area contributed by atoms with E-state index < -0.39 is 0 Å². The lowest BCUT2D eigenvalue weighted by Crippen LogP contribution is -2.41. The molecular weight excluding hydrogens is 422 g/mol. The molecule has 1 saturated carbocycles. The van der Waals surface area contributed by atoms with Crippen molar-refractivity contribution in [3.8, 4) is 0 Å². The zero-order chi connectivity index (χ0) is 21.7. The predicted molar refractivity (Wildman–Crippen MR) is 119 cm³/mol. The van der Waals surface area contributed by atoms with Crippen LogP contribution in [0.4, 0.5) is 0 Å². The lowest BCUT2D eigenvalue weighted by atomic mass is 9.86. The van der Waals surface area contributed by atoms with Crippen molar-refractivity contribution in [2.45, 2.75) is 56.8 Å². The number of hydrogen-bond acceptors (Lipinski definition) is 5. The van der Waals surface area contributed by atoms with Gasteiger partial charge in [-0.1, -0.05) is 43.1 Å². The largest absolute Gasteiger partial charge is 0.352 e. The summed E-state index contributed by atoms with van der Waals surface area (Å²) in [5.41, 5.74) is 0.525. The van der Waals surface area contributed by atoms with Gasteiger partial charge in [0.15, 0.2) is 11.0 Å². The second-order valence-electron chi connectivity index (χ2n) is 7.83. The summed E-state index contributed by atoms with van der Waals surface area (Å²) >= 11 is 7.22. The number of halogens is 1. The van der Waals surface area contributed by atoms with Gasteiger partial charge in [-0.05, 0) is 49.9 Å². The standard InChI is InChI=1S/C21H28ClN5O2S/c1-13-6-4-5-7-17(13)24-18(28)12-30-21-26-25-19(27(21)3)14(2)23-20(29)15-8-10-16(22)11-9-15/h8-11,13-14,17H,4-7,12H2,1-3H3,(H,23,29)(H,24,28)/t13-,14-,17-/m0/s1. The fourth-order valence-corrected chi connectivity index (χ4v) is 4.54. The monoisotopic (exact) mass is 449 g/mol. The van der Waals surface area contributed by atoms with E-state index in [4.69, 9.17) is 11.6 Å². The van der Waals surface area contributed by atoms with Gasteiger partial charge in [-0.2, -0.15) is 0 Å². The van der Waals surface area contributed by atoms with Gasteiger partial charge in [0.25, 0.3) is 5.91 Å². The first-order valence-electron chi connectivity index (χ1n) is 10.2. The van der Waals surface area contributed by atoms with Crippen LogP contribution in [-0.2, 0) is 11.8 Å². The molecule has 1 aliphatic carbocycles. The van der Waals surface area contributed by atoms with Crippen LogP contribution < -0.4 is 10.6 Å². The Morgan fingerprint density at radius 3 is 2.63 bits per heavy atom. The van der Waals surface area contributed by atoms with Gasteiger partial charge in [-0.15, -0.1) is 10.2 Å². The molecule has 0 radical (unpaired) electrons. The second-order valence-corrected chi connectivity index (χ2v) is 9.21. The van der Waals surface area contributed by atoms with Crippen molar-refractivity contribution < 1.29 is 9.59 Å². The fourth-order valence-electron chi connectivity index (χ4n) is 3.68. The number of thioether (sulfide) groups is 1. The molecule has 9 heteroatoms. The molecule has 0 unspecified atom stereocenters. The van der Waals surface area contributed by atoms with Crippen molar-refractivity contribution in [1.29, 1.82) is 0 Å². The summed E-state index contributed by atoms with van der Waals surface area (Å²) in [5.74, 6) is 1.26. The minimum absolute atomic E-state index is 0.0207. The van der Waals surface area contributed by atoms with E-state index in [1.165, 1.54) is 31.0 Å². The Morgan fingerprint density at radius 1 is 1.23 bits per heavy atom. The van der Waals surface area contributed by atoms with Crippen molar-refractivity contribution in [3.63, 3.8) is 0 Å². The number of rotatable bonds is 7. The molecule has 2 aromatic rings. The molecule has 1 heterocycles. The maximum atomic E-state index is 12.4. The van der Waals surface area contributed by atoms with Gasteiger partial charge in [-0.25, -0.2) is 0 Å². The molecule has 3 atom stereocenters. The minimum atomic E-state index is -0.336. The Bertz CT molecular complexity index is 886. The molecule has 7 nitrogen and oxygen atoms in total. The molecule has 2 N–H and O–H groups in total. The van der Waals surface area contributed by atoms with Crippen LogP contribution in [0.2, 0.25) is 5.02 Å². The fraction of sp³-hybridized carbons (Fsp3) is 0.524. The highest BCUT2D eigenvalue weighted by molar-refractivity contribution is 7.99. The van der Waals surface area contributed by atoms with Gasteiger partial charge in [0.05, 0.1) is 11.8 Å². The van der Waals surface area contributed by atoms with Crippen molar-refractivity contribution in [1.82, 2.24) is 25.4 Å². The first kappa shape index (κ1) is 22.6. The molecule has 0 spiro atoms. The molecule has 0 saturated heterocycles. The lowest BCUT2D eigenvalue weighted by molar-refractivity contribution is -0.119. The maximum Gasteiger partial charge on any atom is 0.251 e. The molecular formula is C21H28ClN5O2S. The molecule has 0 aliphatic heterocycles. The minimum Gasteiger partial charge on any atom is -0.352 e. The number of hydrogen-bond donors (Lipinski definition) is 2. The van der Waals surface area contributed by atoms with Gasteiger partial charge in [-0.3, -0.25) is 9.59 Å². The Balaban J connectivity index is 1.53. The molecule has 1 aromatic heterocycles. The van der Waals surface area contributed by atoms with Gasteiger partial charge >= 0.3 is 0 Å². The molecule has 0 bridgehead atoms. The quantitative estimate of drug-likeness (QED) is 0.628. The average Bonchev–Trinajstić information content (AvgIpc) is 3.09. The van der Waals surface area contributed by atoms with E-state index in [9.17, 15) is 9.59 Å². The number of amides is 2. The molecule has 30 heavy (non-hydrogen) atoms. The third-order valence-corrected chi connectivity index (χ3v) is 6.77. The summed E-state index contributed by atoms with van der Waals surface area (Å²) in [6, 6.07) is 6.64. The van der Waals surface area contributed by atoms with Crippen LogP contribution in [0.1, 0.15) is 61.8 Å². The van der Waals surface area contributed by atoms with Crippen LogP contribution in [0.5, 0.6) is 0 Å². The summed E-state index contributed by atoms with van der Waals surface area (Å²) < 4.78 is 1.81. The van der Waals surface area contributed by atoms with Crippen LogP contribution in [0.25, 0.3) is 0 Å². The zero-order valence-electron chi connectivity index (χ0n) is 17.5. The van der Waals surface area contributed by atoms with E-state index in [2.05, 4.69) is 27.8 Å². The highest BCUT2D eigenvalue weighted by Crippen LogP contribution is 2.24. The molecule has 162 valence electrons. The third-order valence-electron chi connectivity index (χ3n) is 5.50. The van der Waals surface area contributed by atoms with Crippen LogP contribution in [0, 0.1) is 5.92 Å². The van der Waals surface area contributed by atoms with Crippen LogP contribution in [0.15, 0.2) is 29.4 Å². The third kappa shape index (κ3) is 5.76. The highest BCUT2D eigenvalue weighted by atomic mass is 35.5. The van der Waals surface area contributed by atoms with Crippen LogP contribution >= 0.6 is 23.4 Å². The Labute approximate surface area is 186 Å². The summed E-state index contributed by atoms with van der Waals surface area (Å²) in [6.07, 6.45) is 4.65. The van der Waals surface area contributed by atoms with Gasteiger partial charge in [0, 0.05) is 23.7 Å². The van der Waals surface area contributed by atoms with Gasteiger partial charge in [0.2, 0.25) is 5.91 Å². The SMILES string of the molecule is C[C@H](NC(=O)c1ccc(Cl)cc1)c1nnc(SCC(=O)N[C@H]2CCCC[C@@H]2C)n1C. The predicted octanol–water partition coefficient (Wildman–Crippen LogP) is 3.75. The van der Waals surface area contributed by atoms with E-state index in [0.29, 0.717) is 33.2 Å². The molecule has 1 fully saturated rings. The number of aromatic nitrogens is 3. The van der Waals surface area contributed by atoms with E-state index in [1.54, 1.807) is 24.3 Å². The Kier molecular flexibility index (Phi) is 7.77. The van der Waals surface area contributed by atoms with E-state index in [1.807, 2.05) is 18.5 Å². The van der Waals surface area contributed by atoms with Crippen molar-refractivity contribution in [3.05, 3.63) is 40.7 Å². The number of benzene rings is 1. The van der Waals surface area contributed by atoms with Crippen molar-refractivity contribution >= 4 is 35.2 Å². The topological polar surface area (TPSA) is 88.9 Å². The van der Waals surface area contributed by atoms with E-state index in [0.717, 1.165) is 6.42 Å². The van der Waals surface area contributed by atoms with Gasteiger partial charge in [0.1, 0.15) is 0 Å². The van der Waals surface area contributed by atoms with Crippen molar-refractivity contribution in [2.75, 3.05) is 5.75 Å².